The number of nitrogens with two attached hydrogens (primary N) is 1. The van der Waals surface area contributed by atoms with E-state index in [4.69, 9.17) is 10.6 Å². The minimum Gasteiger partial charge on any atom is -0.478 e. The van der Waals surface area contributed by atoms with Crippen LogP contribution in [0.2, 0.25) is 0 Å². The highest BCUT2D eigenvalue weighted by atomic mass is 16.5. The van der Waals surface area contributed by atoms with Crippen molar-refractivity contribution in [3.05, 3.63) is 18.2 Å². The smallest absolute Gasteiger partial charge is 0.215 e. The summed E-state index contributed by atoms with van der Waals surface area (Å²) in [7, 11) is 0. The van der Waals surface area contributed by atoms with Crippen LogP contribution in [0, 0.1) is 0 Å². The summed E-state index contributed by atoms with van der Waals surface area (Å²) in [6.07, 6.45) is 4.80. The highest BCUT2D eigenvalue weighted by molar-refractivity contribution is 5.35. The van der Waals surface area contributed by atoms with Crippen LogP contribution >= 0.6 is 0 Å². The number of nitrogens with one attached hydrogen (secondary N) is 1. The van der Waals surface area contributed by atoms with Gasteiger partial charge in [-0.2, -0.15) is 4.98 Å². The Bertz CT molecular complexity index is 278. The average molecular weight is 209 g/mol. The first-order valence-corrected chi connectivity index (χ1v) is 5.43. The van der Waals surface area contributed by atoms with Gasteiger partial charge in [0.05, 0.1) is 6.61 Å². The summed E-state index contributed by atoms with van der Waals surface area (Å²) >= 11 is 0. The van der Waals surface area contributed by atoms with Crippen molar-refractivity contribution in [2.45, 2.75) is 32.6 Å². The molecule has 0 saturated heterocycles. The molecule has 0 unspecified atom stereocenters. The lowest BCUT2D eigenvalue weighted by molar-refractivity contribution is 0.294. The Balaban J connectivity index is 2.24. The standard InChI is InChI=1S/C11H19N3O/c1-2-3-4-5-9-15-11-8-6-7-10(13-11)14-12/h6-8H,2-5,9,12H2,1H3,(H,13,14). The van der Waals surface area contributed by atoms with E-state index in [0.29, 0.717) is 11.7 Å². The van der Waals surface area contributed by atoms with Crippen molar-refractivity contribution in [3.63, 3.8) is 0 Å². The SMILES string of the molecule is CCCCCCOc1cccc(NN)n1. The van der Waals surface area contributed by atoms with Gasteiger partial charge < -0.3 is 10.2 Å². The van der Waals surface area contributed by atoms with Crippen LogP contribution in [0.25, 0.3) is 0 Å². The maximum Gasteiger partial charge on any atom is 0.215 e. The molecule has 0 aromatic carbocycles. The highest BCUT2D eigenvalue weighted by Crippen LogP contribution is 2.11. The number of aromatic nitrogens is 1. The van der Waals surface area contributed by atoms with Gasteiger partial charge in [-0.05, 0) is 12.5 Å². The number of unbranched alkanes of at least 4 members (excludes halogenated alkanes) is 3. The zero-order chi connectivity index (χ0) is 10.9. The summed E-state index contributed by atoms with van der Waals surface area (Å²) in [6, 6.07) is 5.49. The zero-order valence-electron chi connectivity index (χ0n) is 9.20. The highest BCUT2D eigenvalue weighted by Gasteiger charge is 1.96. The molecule has 0 amide bonds. The number of ether oxygens (including phenoxy) is 1. The third kappa shape index (κ3) is 4.65. The lowest BCUT2D eigenvalue weighted by Crippen LogP contribution is -2.09. The lowest BCUT2D eigenvalue weighted by Gasteiger charge is -2.06. The van der Waals surface area contributed by atoms with Gasteiger partial charge in [0.15, 0.2) is 0 Å². The van der Waals surface area contributed by atoms with Gasteiger partial charge in [-0.3, -0.25) is 0 Å². The van der Waals surface area contributed by atoms with Crippen molar-refractivity contribution in [2.75, 3.05) is 12.0 Å². The van der Waals surface area contributed by atoms with Crippen LogP contribution in [-0.4, -0.2) is 11.6 Å². The van der Waals surface area contributed by atoms with Gasteiger partial charge in [0.25, 0.3) is 0 Å². The van der Waals surface area contributed by atoms with Crippen molar-refractivity contribution in [2.24, 2.45) is 5.84 Å². The number of nitrogens with zero attached hydrogens (tertiary/aromatic N) is 1. The molecule has 0 saturated carbocycles. The average Bonchev–Trinajstić information content (AvgIpc) is 2.29. The number of hydrogen-bond donors (Lipinski definition) is 2. The third-order valence-corrected chi connectivity index (χ3v) is 2.12. The van der Waals surface area contributed by atoms with Crippen molar-refractivity contribution in [1.29, 1.82) is 0 Å². The minimum atomic E-state index is 0.626. The first-order valence-electron chi connectivity index (χ1n) is 5.43. The van der Waals surface area contributed by atoms with Crippen LogP contribution in [0.1, 0.15) is 32.6 Å². The van der Waals surface area contributed by atoms with Gasteiger partial charge in [0, 0.05) is 6.07 Å². The molecule has 1 rings (SSSR count). The molecular formula is C11H19N3O. The second-order valence-corrected chi connectivity index (χ2v) is 3.41. The van der Waals surface area contributed by atoms with Crippen molar-refractivity contribution < 1.29 is 4.74 Å². The molecule has 1 heterocycles. The molecule has 3 N–H and O–H groups in total. The van der Waals surface area contributed by atoms with Gasteiger partial charge in [-0.1, -0.05) is 32.3 Å². The van der Waals surface area contributed by atoms with E-state index in [-0.39, 0.29) is 0 Å². The fourth-order valence-corrected chi connectivity index (χ4v) is 1.28. The number of anilines is 1. The largest absolute Gasteiger partial charge is 0.478 e. The second-order valence-electron chi connectivity index (χ2n) is 3.41. The molecule has 1 aromatic heterocycles. The van der Waals surface area contributed by atoms with E-state index in [1.807, 2.05) is 12.1 Å². The van der Waals surface area contributed by atoms with Gasteiger partial charge in [-0.25, -0.2) is 5.84 Å². The Morgan fingerprint density at radius 2 is 2.20 bits per heavy atom. The molecule has 0 aliphatic rings. The number of pyridine rings is 1. The monoisotopic (exact) mass is 209 g/mol. The summed E-state index contributed by atoms with van der Waals surface area (Å²) in [5.74, 6) is 6.50. The Hall–Kier alpha value is -1.29. The van der Waals surface area contributed by atoms with E-state index in [9.17, 15) is 0 Å². The normalized spacial score (nSPS) is 10.0. The molecule has 0 bridgehead atoms. The van der Waals surface area contributed by atoms with Gasteiger partial charge in [0.2, 0.25) is 5.88 Å². The number of nitrogen functional groups attached to an aromatic ring is 1. The first-order chi connectivity index (χ1) is 7.36. The van der Waals surface area contributed by atoms with E-state index in [0.717, 1.165) is 13.0 Å². The van der Waals surface area contributed by atoms with Gasteiger partial charge >= 0.3 is 0 Å². The molecule has 1 aromatic rings. The van der Waals surface area contributed by atoms with E-state index < -0.39 is 0 Å². The molecule has 0 atom stereocenters. The van der Waals surface area contributed by atoms with Crippen LogP contribution in [0.15, 0.2) is 18.2 Å². The summed E-state index contributed by atoms with van der Waals surface area (Å²) < 4.78 is 5.49. The third-order valence-electron chi connectivity index (χ3n) is 2.12. The Morgan fingerprint density at radius 1 is 1.33 bits per heavy atom. The molecule has 15 heavy (non-hydrogen) atoms. The second kappa shape index (κ2) is 7.06. The predicted octanol–water partition coefficient (Wildman–Crippen LogP) is 2.33. The van der Waals surface area contributed by atoms with E-state index in [1.54, 1.807) is 6.07 Å². The van der Waals surface area contributed by atoms with E-state index >= 15 is 0 Å². The number of rotatable bonds is 7. The fourth-order valence-electron chi connectivity index (χ4n) is 1.28. The van der Waals surface area contributed by atoms with Crippen molar-refractivity contribution in [1.82, 2.24) is 4.98 Å². The number of hydrazine groups is 1. The van der Waals surface area contributed by atoms with Crippen LogP contribution in [0.4, 0.5) is 5.82 Å². The zero-order valence-corrected chi connectivity index (χ0v) is 9.20. The van der Waals surface area contributed by atoms with Crippen LogP contribution in [-0.2, 0) is 0 Å². The van der Waals surface area contributed by atoms with Crippen LogP contribution in [0.5, 0.6) is 5.88 Å². The molecule has 0 aliphatic carbocycles. The van der Waals surface area contributed by atoms with Crippen LogP contribution < -0.4 is 16.0 Å². The summed E-state index contributed by atoms with van der Waals surface area (Å²) in [4.78, 5) is 4.15. The maximum atomic E-state index is 5.49. The van der Waals surface area contributed by atoms with E-state index in [2.05, 4.69) is 17.3 Å². The molecule has 84 valence electrons. The Labute approximate surface area is 90.8 Å². The quantitative estimate of drug-likeness (QED) is 0.411. The van der Waals surface area contributed by atoms with Crippen molar-refractivity contribution in [3.8, 4) is 5.88 Å². The maximum absolute atomic E-state index is 5.49. The van der Waals surface area contributed by atoms with Crippen LogP contribution in [0.3, 0.4) is 0 Å². The molecule has 0 spiro atoms. The molecular weight excluding hydrogens is 190 g/mol. The summed E-state index contributed by atoms with van der Waals surface area (Å²) in [5, 5.41) is 0. The van der Waals surface area contributed by atoms with Crippen molar-refractivity contribution >= 4 is 5.82 Å². The lowest BCUT2D eigenvalue weighted by atomic mass is 10.2. The summed E-state index contributed by atoms with van der Waals surface area (Å²) in [5.41, 5.74) is 2.49. The van der Waals surface area contributed by atoms with Gasteiger partial charge in [-0.15, -0.1) is 0 Å². The molecule has 4 nitrogen and oxygen atoms in total. The molecule has 0 fully saturated rings. The Kier molecular flexibility index (Phi) is 5.55. The topological polar surface area (TPSA) is 60.2 Å². The van der Waals surface area contributed by atoms with E-state index in [1.165, 1.54) is 19.3 Å². The molecule has 4 heteroatoms. The summed E-state index contributed by atoms with van der Waals surface area (Å²) in [6.45, 7) is 2.92. The minimum absolute atomic E-state index is 0.626. The predicted molar refractivity (Wildman–Crippen MR) is 61.7 cm³/mol. The van der Waals surface area contributed by atoms with Gasteiger partial charge in [0.1, 0.15) is 5.82 Å². The fraction of sp³-hybridized carbons (Fsp3) is 0.545. The number of hydrogen-bond acceptors (Lipinski definition) is 4. The molecule has 0 aliphatic heterocycles. The first kappa shape index (κ1) is 11.8. The molecule has 0 radical (unpaired) electrons. The Morgan fingerprint density at radius 3 is 2.93 bits per heavy atom.